The predicted octanol–water partition coefficient (Wildman–Crippen LogP) is 27.2. The van der Waals surface area contributed by atoms with E-state index >= 15 is 0 Å². The van der Waals surface area contributed by atoms with E-state index in [1.807, 2.05) is 91.0 Å². The molecule has 4 nitrogen and oxygen atoms in total. The van der Waals surface area contributed by atoms with E-state index in [2.05, 4.69) is 291 Å². The van der Waals surface area contributed by atoms with E-state index in [1.165, 1.54) is 126 Å². The molecule has 0 unspecified atom stereocenters. The van der Waals surface area contributed by atoms with Gasteiger partial charge in [-0.3, -0.25) is 0 Å². The summed E-state index contributed by atoms with van der Waals surface area (Å²) in [6.07, 6.45) is 0. The third kappa shape index (κ3) is 14.9. The minimum atomic E-state index is 0.966. The van der Waals surface area contributed by atoms with Gasteiger partial charge in [-0.15, -0.1) is 0 Å². The van der Waals surface area contributed by atoms with Gasteiger partial charge in [0.05, 0.1) is 0 Å². The van der Waals surface area contributed by atoms with Gasteiger partial charge >= 0.3 is 0 Å². The zero-order valence-corrected chi connectivity index (χ0v) is 55.9. The predicted molar refractivity (Wildman–Crippen MR) is 413 cm³/mol. The molecule has 4 heterocycles. The van der Waals surface area contributed by atoms with Gasteiger partial charge in [0, 0.05) is 43.1 Å². The molecule has 97 heavy (non-hydrogen) atoms. The monoisotopic (exact) mass is 1260 g/mol. The van der Waals surface area contributed by atoms with Crippen LogP contribution in [0.1, 0.15) is 38.9 Å². The van der Waals surface area contributed by atoms with Crippen LogP contribution in [0.5, 0.6) is 0 Å². The van der Waals surface area contributed by atoms with Gasteiger partial charge in [0.25, 0.3) is 0 Å². The molecule has 0 bridgehead atoms. The summed E-state index contributed by atoms with van der Waals surface area (Å²) < 4.78 is 23.0. The molecule has 0 aliphatic heterocycles. The maximum absolute atomic E-state index is 5.78. The first-order chi connectivity index (χ1) is 47.5. The molecule has 0 N–H and O–H groups in total. The van der Waals surface area contributed by atoms with Gasteiger partial charge in [0.2, 0.25) is 0 Å². The van der Waals surface area contributed by atoms with Crippen LogP contribution in [0.25, 0.3) is 132 Å². The third-order valence-corrected chi connectivity index (χ3v) is 17.5. The molecule has 0 fully saturated rings. The Morgan fingerprint density at radius 3 is 1.24 bits per heavy atom. The number of aryl methyl sites for hydroxylation is 7. The zero-order valence-electron chi connectivity index (χ0n) is 55.9. The van der Waals surface area contributed by atoms with Crippen LogP contribution in [0.2, 0.25) is 0 Å². The summed E-state index contributed by atoms with van der Waals surface area (Å²) in [4.78, 5) is 0. The van der Waals surface area contributed by atoms with Crippen molar-refractivity contribution in [2.45, 2.75) is 48.5 Å². The molecule has 4 aromatic heterocycles. The van der Waals surface area contributed by atoms with Crippen molar-refractivity contribution in [3.05, 3.63) is 373 Å². The highest BCUT2D eigenvalue weighted by atomic mass is 16.3. The van der Waals surface area contributed by atoms with E-state index < -0.39 is 0 Å². The Morgan fingerprint density at radius 2 is 0.577 bits per heavy atom. The Morgan fingerprint density at radius 1 is 0.175 bits per heavy atom. The fourth-order valence-corrected chi connectivity index (χ4v) is 12.6. The number of benzene rings is 15. The first-order valence-corrected chi connectivity index (χ1v) is 33.1. The first kappa shape index (κ1) is 63.8. The van der Waals surface area contributed by atoms with Crippen LogP contribution in [-0.2, 0) is 0 Å². The van der Waals surface area contributed by atoms with Gasteiger partial charge in [0.15, 0.2) is 0 Å². The lowest BCUT2D eigenvalue weighted by Gasteiger charge is -2.08. The Kier molecular flexibility index (Phi) is 19.4. The van der Waals surface area contributed by atoms with Crippen molar-refractivity contribution in [1.29, 1.82) is 0 Å². The van der Waals surface area contributed by atoms with Crippen LogP contribution in [0.3, 0.4) is 0 Å². The number of furan rings is 4. The van der Waals surface area contributed by atoms with Crippen LogP contribution >= 0.6 is 0 Å². The highest BCUT2D eigenvalue weighted by molar-refractivity contribution is 6.08. The summed E-state index contributed by atoms with van der Waals surface area (Å²) in [5.41, 5.74) is 21.8. The Hall–Kier alpha value is -12.0. The molecule has 472 valence electrons. The van der Waals surface area contributed by atoms with E-state index in [4.69, 9.17) is 17.7 Å². The summed E-state index contributed by atoms with van der Waals surface area (Å²) in [5, 5.41) is 15.0. The van der Waals surface area contributed by atoms with Gasteiger partial charge in [0.1, 0.15) is 44.7 Å². The van der Waals surface area contributed by atoms with Crippen LogP contribution in [-0.4, -0.2) is 0 Å². The van der Waals surface area contributed by atoms with Crippen LogP contribution in [0.15, 0.2) is 351 Å². The molecule has 0 amide bonds. The normalized spacial score (nSPS) is 10.8. The molecule has 4 heteroatoms. The van der Waals surface area contributed by atoms with Crippen molar-refractivity contribution < 1.29 is 17.7 Å². The Labute approximate surface area is 566 Å². The quantitative estimate of drug-likeness (QED) is 0.173. The average Bonchev–Trinajstić information content (AvgIpc) is 1.67. The van der Waals surface area contributed by atoms with E-state index in [-0.39, 0.29) is 0 Å². The standard InChI is InChI=1S/C19H16.4C13H10O.2C11H10/c1-15-12-18(16-8-4-2-5-9-16)14-19(13-15)17-10-6-3-7-11-17;1-9-5-4-7-11-10-6-2-3-8-12(10)14-13(9)11;1-9-5-4-8-12-13(9)10-6-2-3-7-11(10)14-12;1-9-6-7-13-11(8-9)10-4-2-3-5-12(10)14-13;1-9-6-7-11-10-4-2-3-5-12(10)14-13(11)8-9;1-9-5-4-7-10-6-2-3-8-11(9)10;1-9-6-7-10-4-2-3-5-11(10)8-9/h2-14H,1H3;4*2-8H,1H3;2*2-8H,1H3. The minimum Gasteiger partial charge on any atom is -0.456 e. The van der Waals surface area contributed by atoms with Crippen LogP contribution in [0, 0.1) is 48.5 Å². The zero-order chi connectivity index (χ0) is 66.6. The van der Waals surface area contributed by atoms with Gasteiger partial charge in [-0.1, -0.05) is 290 Å². The second kappa shape index (κ2) is 29.5. The van der Waals surface area contributed by atoms with Gasteiger partial charge in [-0.05, 0) is 175 Å². The molecule has 0 radical (unpaired) electrons. The summed E-state index contributed by atoms with van der Waals surface area (Å²) in [6.45, 7) is 14.8. The second-order valence-corrected chi connectivity index (χ2v) is 24.8. The summed E-state index contributed by atoms with van der Waals surface area (Å²) in [6, 6.07) is 115. The molecular formula is C93H76O4. The lowest BCUT2D eigenvalue weighted by Crippen LogP contribution is -1.84. The van der Waals surface area contributed by atoms with Crippen molar-refractivity contribution in [2.24, 2.45) is 0 Å². The van der Waals surface area contributed by atoms with Crippen molar-refractivity contribution in [3.8, 4) is 22.3 Å². The van der Waals surface area contributed by atoms with E-state index in [1.54, 1.807) is 0 Å². The topological polar surface area (TPSA) is 52.6 Å². The molecule has 19 rings (SSSR count). The Bertz CT molecular complexity index is 5770. The highest BCUT2D eigenvalue weighted by Gasteiger charge is 2.10. The van der Waals surface area contributed by atoms with E-state index in [0.29, 0.717) is 0 Å². The average molecular weight is 1260 g/mol. The maximum Gasteiger partial charge on any atom is 0.138 e. The van der Waals surface area contributed by atoms with E-state index in [0.717, 1.165) is 44.7 Å². The Balaban J connectivity index is 0.000000103. The second-order valence-electron chi connectivity index (χ2n) is 24.8. The summed E-state index contributed by atoms with van der Waals surface area (Å²) >= 11 is 0. The fraction of sp³-hybridized carbons (Fsp3) is 0.0753. The maximum atomic E-state index is 5.78. The summed E-state index contributed by atoms with van der Waals surface area (Å²) in [5.74, 6) is 0. The molecule has 0 saturated carbocycles. The number of fused-ring (bicyclic) bond motifs is 14. The molecule has 0 atom stereocenters. The largest absolute Gasteiger partial charge is 0.456 e. The molecule has 0 saturated heterocycles. The smallest absolute Gasteiger partial charge is 0.138 e. The minimum absolute atomic E-state index is 0.966. The van der Waals surface area contributed by atoms with Gasteiger partial charge < -0.3 is 17.7 Å². The van der Waals surface area contributed by atoms with Crippen molar-refractivity contribution in [2.75, 3.05) is 0 Å². The molecule has 0 spiro atoms. The SMILES string of the molecule is Cc1cc(-c2ccccc2)cc(-c2ccccc2)c1.Cc1ccc2c(c1)oc1ccccc12.Cc1ccc2ccccc2c1.Cc1ccc2oc3ccccc3c2c1.Cc1cccc2c1oc1ccccc12.Cc1cccc2ccccc12.Cc1cccc2oc3ccccc3c12. The number of hydrogen-bond acceptors (Lipinski definition) is 4. The number of hydrogen-bond donors (Lipinski definition) is 0. The van der Waals surface area contributed by atoms with Crippen LogP contribution < -0.4 is 0 Å². The highest BCUT2D eigenvalue weighted by Crippen LogP contribution is 2.34. The number of rotatable bonds is 2. The van der Waals surface area contributed by atoms with E-state index in [9.17, 15) is 0 Å². The van der Waals surface area contributed by atoms with Gasteiger partial charge in [-0.25, -0.2) is 0 Å². The lowest BCUT2D eigenvalue weighted by molar-refractivity contribution is 0.665. The van der Waals surface area contributed by atoms with Crippen LogP contribution in [0.4, 0.5) is 0 Å². The molecule has 15 aromatic carbocycles. The fourth-order valence-electron chi connectivity index (χ4n) is 12.6. The summed E-state index contributed by atoms with van der Waals surface area (Å²) in [7, 11) is 0. The number of para-hydroxylation sites is 5. The van der Waals surface area contributed by atoms with Crippen molar-refractivity contribution >= 4 is 109 Å². The third-order valence-electron chi connectivity index (χ3n) is 17.5. The van der Waals surface area contributed by atoms with Crippen molar-refractivity contribution in [3.63, 3.8) is 0 Å². The molecule has 0 aliphatic rings. The molecule has 19 aromatic rings. The van der Waals surface area contributed by atoms with Gasteiger partial charge in [-0.2, -0.15) is 0 Å². The molecule has 0 aliphatic carbocycles. The molecular weight excluding hydrogens is 1180 g/mol. The van der Waals surface area contributed by atoms with Crippen molar-refractivity contribution in [1.82, 2.24) is 0 Å². The lowest BCUT2D eigenvalue weighted by atomic mass is 9.97. The first-order valence-electron chi connectivity index (χ1n) is 33.1.